The van der Waals surface area contributed by atoms with Crippen molar-refractivity contribution in [1.82, 2.24) is 4.90 Å². The van der Waals surface area contributed by atoms with Gasteiger partial charge in [0.1, 0.15) is 5.75 Å². The van der Waals surface area contributed by atoms with Gasteiger partial charge in [0.25, 0.3) is 0 Å². The number of imide groups is 1. The van der Waals surface area contributed by atoms with E-state index in [0.29, 0.717) is 28.3 Å². The summed E-state index contributed by atoms with van der Waals surface area (Å²) < 4.78 is 5.20. The minimum absolute atomic E-state index is 0.0575. The van der Waals surface area contributed by atoms with Gasteiger partial charge in [-0.25, -0.2) is 0 Å². The fourth-order valence-electron chi connectivity index (χ4n) is 4.89. The molecule has 1 saturated heterocycles. The SMILES string of the molecule is COc1ccc(Cl)cc1NC(=O)CCN1C(=O)[C@H]2[C@H]3CC[C@@H](C3)[C@@H]2C1=O. The number of amides is 3. The second-order valence-corrected chi connectivity index (χ2v) is 7.79. The van der Waals surface area contributed by atoms with Crippen LogP contribution < -0.4 is 10.1 Å². The Hall–Kier alpha value is -2.08. The van der Waals surface area contributed by atoms with Gasteiger partial charge in [-0.2, -0.15) is 0 Å². The molecule has 3 aliphatic rings. The molecule has 7 heteroatoms. The number of halogens is 1. The topological polar surface area (TPSA) is 75.7 Å². The van der Waals surface area contributed by atoms with E-state index in [-0.39, 0.29) is 42.5 Å². The second-order valence-electron chi connectivity index (χ2n) is 7.36. The van der Waals surface area contributed by atoms with E-state index in [9.17, 15) is 14.4 Å². The van der Waals surface area contributed by atoms with Crippen LogP contribution in [0.3, 0.4) is 0 Å². The number of nitrogens with zero attached hydrogens (tertiary/aromatic N) is 1. The van der Waals surface area contributed by atoms with Gasteiger partial charge in [0.2, 0.25) is 17.7 Å². The third kappa shape index (κ3) is 2.76. The molecule has 4 atom stereocenters. The maximum Gasteiger partial charge on any atom is 0.233 e. The number of carbonyl (C=O) groups excluding carboxylic acids is 3. The van der Waals surface area contributed by atoms with Crippen LogP contribution in [0.25, 0.3) is 0 Å². The molecule has 0 unspecified atom stereocenters. The summed E-state index contributed by atoms with van der Waals surface area (Å²) in [4.78, 5) is 38.9. The fourth-order valence-corrected chi connectivity index (χ4v) is 5.07. The number of likely N-dealkylation sites (tertiary alicyclic amines) is 1. The van der Waals surface area contributed by atoms with Crippen LogP contribution in [0.5, 0.6) is 5.75 Å². The van der Waals surface area contributed by atoms with Gasteiger partial charge in [-0.3, -0.25) is 19.3 Å². The lowest BCUT2D eigenvalue weighted by molar-refractivity contribution is -0.140. The van der Waals surface area contributed by atoms with Crippen molar-refractivity contribution in [2.75, 3.05) is 19.0 Å². The van der Waals surface area contributed by atoms with Crippen LogP contribution in [0.15, 0.2) is 18.2 Å². The minimum Gasteiger partial charge on any atom is -0.495 e. The van der Waals surface area contributed by atoms with Gasteiger partial charge in [0, 0.05) is 18.0 Å². The molecule has 0 aromatic heterocycles. The molecule has 0 radical (unpaired) electrons. The molecule has 4 rings (SSSR count). The summed E-state index contributed by atoms with van der Waals surface area (Å²) in [6, 6.07) is 4.94. The quantitative estimate of drug-likeness (QED) is 0.802. The molecule has 1 aromatic carbocycles. The van der Waals surface area contributed by atoms with Crippen molar-refractivity contribution in [3.05, 3.63) is 23.2 Å². The van der Waals surface area contributed by atoms with Crippen LogP contribution in [-0.4, -0.2) is 36.3 Å². The van der Waals surface area contributed by atoms with Crippen LogP contribution in [0.4, 0.5) is 5.69 Å². The zero-order valence-corrected chi connectivity index (χ0v) is 15.3. The summed E-state index contributed by atoms with van der Waals surface area (Å²) in [5.74, 6) is 0.482. The van der Waals surface area contributed by atoms with E-state index >= 15 is 0 Å². The number of hydrogen-bond acceptors (Lipinski definition) is 4. The molecule has 2 aliphatic carbocycles. The zero-order valence-electron chi connectivity index (χ0n) is 14.5. The predicted molar refractivity (Wildman–Crippen MR) is 95.8 cm³/mol. The Balaban J connectivity index is 1.39. The Kier molecular flexibility index (Phi) is 4.39. The van der Waals surface area contributed by atoms with Crippen molar-refractivity contribution in [2.45, 2.75) is 25.7 Å². The lowest BCUT2D eigenvalue weighted by Gasteiger charge is -2.19. The van der Waals surface area contributed by atoms with Crippen molar-refractivity contribution in [3.63, 3.8) is 0 Å². The Morgan fingerprint density at radius 1 is 1.23 bits per heavy atom. The monoisotopic (exact) mass is 376 g/mol. The lowest BCUT2D eigenvalue weighted by Crippen LogP contribution is -2.35. The zero-order chi connectivity index (χ0) is 18.4. The highest BCUT2D eigenvalue weighted by Crippen LogP contribution is 2.56. The maximum absolute atomic E-state index is 12.6. The Morgan fingerprint density at radius 3 is 2.50 bits per heavy atom. The van der Waals surface area contributed by atoms with E-state index in [1.54, 1.807) is 18.2 Å². The van der Waals surface area contributed by atoms with Crippen LogP contribution in [0.2, 0.25) is 5.02 Å². The molecule has 1 heterocycles. The minimum atomic E-state index is -0.286. The first-order chi connectivity index (χ1) is 12.5. The average Bonchev–Trinajstić information content (AvgIpc) is 3.28. The Labute approximate surface area is 156 Å². The van der Waals surface area contributed by atoms with Gasteiger partial charge in [0.05, 0.1) is 24.6 Å². The molecule has 138 valence electrons. The number of hydrogen-bond donors (Lipinski definition) is 1. The molecule has 2 bridgehead atoms. The van der Waals surface area contributed by atoms with Gasteiger partial charge < -0.3 is 10.1 Å². The Morgan fingerprint density at radius 2 is 1.88 bits per heavy atom. The van der Waals surface area contributed by atoms with Crippen LogP contribution in [-0.2, 0) is 14.4 Å². The lowest BCUT2D eigenvalue weighted by atomic mass is 9.81. The fraction of sp³-hybridized carbons (Fsp3) is 0.526. The maximum atomic E-state index is 12.6. The third-order valence-electron chi connectivity index (χ3n) is 6.02. The van der Waals surface area contributed by atoms with Gasteiger partial charge in [0.15, 0.2) is 0 Å². The first kappa shape index (κ1) is 17.3. The van der Waals surface area contributed by atoms with Crippen molar-refractivity contribution in [3.8, 4) is 5.75 Å². The highest BCUT2D eigenvalue weighted by atomic mass is 35.5. The van der Waals surface area contributed by atoms with E-state index in [2.05, 4.69) is 5.32 Å². The molecule has 26 heavy (non-hydrogen) atoms. The second kappa shape index (κ2) is 6.58. The number of benzene rings is 1. The first-order valence-electron chi connectivity index (χ1n) is 8.98. The van der Waals surface area contributed by atoms with Gasteiger partial charge in [-0.1, -0.05) is 11.6 Å². The molecule has 1 aromatic rings. The van der Waals surface area contributed by atoms with Gasteiger partial charge in [-0.15, -0.1) is 0 Å². The largest absolute Gasteiger partial charge is 0.495 e. The number of anilines is 1. The molecule has 3 amide bonds. The van der Waals surface area contributed by atoms with E-state index in [1.807, 2.05) is 0 Å². The van der Waals surface area contributed by atoms with Crippen LogP contribution in [0, 0.1) is 23.7 Å². The smallest absolute Gasteiger partial charge is 0.233 e. The molecule has 0 spiro atoms. The van der Waals surface area contributed by atoms with E-state index in [4.69, 9.17) is 16.3 Å². The third-order valence-corrected chi connectivity index (χ3v) is 6.25. The molecule has 3 fully saturated rings. The molecule has 2 saturated carbocycles. The summed E-state index contributed by atoms with van der Waals surface area (Å²) in [6.45, 7) is 0.124. The summed E-state index contributed by atoms with van der Waals surface area (Å²) in [5, 5.41) is 3.22. The normalized spacial score (nSPS) is 29.2. The van der Waals surface area contributed by atoms with Crippen LogP contribution >= 0.6 is 11.6 Å². The number of nitrogens with one attached hydrogen (secondary N) is 1. The molecular weight excluding hydrogens is 356 g/mol. The van der Waals surface area contributed by atoms with Gasteiger partial charge in [-0.05, 0) is 49.3 Å². The summed E-state index contributed by atoms with van der Waals surface area (Å²) in [5.41, 5.74) is 0.471. The highest BCUT2D eigenvalue weighted by molar-refractivity contribution is 6.31. The standard InChI is InChI=1S/C19H21ClN2O4/c1-26-14-5-4-12(20)9-13(14)21-15(23)6-7-22-18(24)16-10-2-3-11(8-10)17(16)19(22)25/h4-5,9-11,16-17H,2-3,6-8H2,1H3,(H,21,23)/t10-,11-,16-,17-/m0/s1. The van der Waals surface area contributed by atoms with Crippen molar-refractivity contribution in [2.24, 2.45) is 23.7 Å². The highest BCUT2D eigenvalue weighted by Gasteiger charge is 2.60. The van der Waals surface area contributed by atoms with Crippen molar-refractivity contribution >= 4 is 35.0 Å². The van der Waals surface area contributed by atoms with Gasteiger partial charge >= 0.3 is 0 Å². The summed E-state index contributed by atoms with van der Waals surface area (Å²) in [6.07, 6.45) is 3.17. The summed E-state index contributed by atoms with van der Waals surface area (Å²) in [7, 11) is 1.51. The molecular formula is C19H21ClN2O4. The van der Waals surface area contributed by atoms with E-state index in [0.717, 1.165) is 19.3 Å². The first-order valence-corrected chi connectivity index (χ1v) is 9.36. The molecule has 1 N–H and O–H groups in total. The molecule has 1 aliphatic heterocycles. The number of fused-ring (bicyclic) bond motifs is 5. The Bertz CT molecular complexity index is 753. The number of rotatable bonds is 5. The summed E-state index contributed by atoms with van der Waals surface area (Å²) >= 11 is 5.96. The average molecular weight is 377 g/mol. The predicted octanol–water partition coefficient (Wildman–Crippen LogP) is 2.71. The number of carbonyl (C=O) groups is 3. The number of ether oxygens (including phenoxy) is 1. The van der Waals surface area contributed by atoms with Crippen molar-refractivity contribution in [1.29, 1.82) is 0 Å². The van der Waals surface area contributed by atoms with E-state index < -0.39 is 0 Å². The van der Waals surface area contributed by atoms with Crippen LogP contribution in [0.1, 0.15) is 25.7 Å². The van der Waals surface area contributed by atoms with E-state index in [1.165, 1.54) is 12.0 Å². The number of methoxy groups -OCH3 is 1. The molecule has 6 nitrogen and oxygen atoms in total. The van der Waals surface area contributed by atoms with Crippen molar-refractivity contribution < 1.29 is 19.1 Å².